The summed E-state index contributed by atoms with van der Waals surface area (Å²) in [7, 11) is 0. The van der Waals surface area contributed by atoms with E-state index in [0.29, 0.717) is 5.57 Å². The van der Waals surface area contributed by atoms with Gasteiger partial charge >= 0.3 is 17.9 Å². The predicted octanol–water partition coefficient (Wildman–Crippen LogP) is 2.03. The van der Waals surface area contributed by atoms with E-state index in [1.54, 1.807) is 26.8 Å². The number of hydrogen-bond acceptors (Lipinski definition) is 8. The molecule has 1 aliphatic carbocycles. The normalized spacial score (nSPS) is 35.3. The van der Waals surface area contributed by atoms with Gasteiger partial charge in [-0.25, -0.2) is 9.59 Å². The zero-order valence-electron chi connectivity index (χ0n) is 18.1. The van der Waals surface area contributed by atoms with Gasteiger partial charge in [0.1, 0.15) is 12.2 Å². The fourth-order valence-electron chi connectivity index (χ4n) is 3.94. The summed E-state index contributed by atoms with van der Waals surface area (Å²) < 4.78 is 16.5. The van der Waals surface area contributed by atoms with Crippen molar-refractivity contribution in [1.82, 2.24) is 0 Å². The Kier molecular flexibility index (Phi) is 7.23. The van der Waals surface area contributed by atoms with Crippen LogP contribution in [0.15, 0.2) is 23.8 Å². The molecule has 0 bridgehead atoms. The Morgan fingerprint density at radius 3 is 2.50 bits per heavy atom. The third-order valence-corrected chi connectivity index (χ3v) is 5.94. The van der Waals surface area contributed by atoms with E-state index in [9.17, 15) is 24.3 Å². The van der Waals surface area contributed by atoms with Gasteiger partial charge in [0.15, 0.2) is 11.4 Å². The monoisotopic (exact) mass is 422 g/mol. The Hall–Kier alpha value is -2.48. The summed E-state index contributed by atoms with van der Waals surface area (Å²) in [6.45, 7) is 11.4. The number of aliphatic hydroxyl groups is 1. The molecule has 0 aromatic rings. The minimum absolute atomic E-state index is 0.121. The molecule has 0 aromatic carbocycles. The Bertz CT molecular complexity index is 782. The van der Waals surface area contributed by atoms with Gasteiger partial charge in [0.25, 0.3) is 0 Å². The van der Waals surface area contributed by atoms with Crippen LogP contribution in [-0.4, -0.2) is 52.7 Å². The van der Waals surface area contributed by atoms with Crippen LogP contribution in [0.25, 0.3) is 0 Å². The fourth-order valence-corrected chi connectivity index (χ4v) is 3.94. The van der Waals surface area contributed by atoms with E-state index in [-0.39, 0.29) is 24.8 Å². The number of aliphatic hydroxyl groups excluding tert-OH is 1. The molecule has 166 valence electrons. The van der Waals surface area contributed by atoms with E-state index in [2.05, 4.69) is 6.58 Å². The quantitative estimate of drug-likeness (QED) is 0.417. The minimum Gasteiger partial charge on any atom is -0.458 e. The third-order valence-electron chi connectivity index (χ3n) is 5.94. The van der Waals surface area contributed by atoms with Gasteiger partial charge in [0, 0.05) is 30.9 Å². The highest BCUT2D eigenvalue weighted by molar-refractivity contribution is 5.92. The van der Waals surface area contributed by atoms with Gasteiger partial charge in [0.2, 0.25) is 0 Å². The number of ketones is 1. The molecule has 1 aliphatic heterocycles. The Morgan fingerprint density at radius 2 is 1.93 bits per heavy atom. The van der Waals surface area contributed by atoms with E-state index in [1.807, 2.05) is 0 Å². The molecule has 0 aromatic heterocycles. The number of rotatable bonds is 3. The van der Waals surface area contributed by atoms with Crippen LogP contribution < -0.4 is 0 Å². The lowest BCUT2D eigenvalue weighted by atomic mass is 9.76. The molecule has 1 heterocycles. The predicted molar refractivity (Wildman–Crippen MR) is 106 cm³/mol. The van der Waals surface area contributed by atoms with E-state index in [0.717, 1.165) is 0 Å². The fraction of sp³-hybridized carbons (Fsp3) is 0.636. The summed E-state index contributed by atoms with van der Waals surface area (Å²) in [5.41, 5.74) is -1.19. The number of carbonyl (C=O) groups excluding carboxylic acids is 4. The average molecular weight is 422 g/mol. The molecular formula is C22H30O8. The molecule has 0 radical (unpaired) electrons. The molecule has 0 spiro atoms. The SMILES string of the molecule is C=C1C(=O)O[C@@H]2C[C@H](C)[C@H](O)CC(=O)[C@@](C)(OC(C)=O)C[C@@H](OC(=O)/C(C)=C\C)[C@@H]12. The summed E-state index contributed by atoms with van der Waals surface area (Å²) in [6.07, 6.45) is -1.27. The molecule has 1 saturated heterocycles. The molecule has 2 rings (SSSR count). The molecule has 2 aliphatic rings. The lowest BCUT2D eigenvalue weighted by Crippen LogP contribution is -2.49. The molecule has 8 nitrogen and oxygen atoms in total. The summed E-state index contributed by atoms with van der Waals surface area (Å²) in [5.74, 6) is -3.54. The van der Waals surface area contributed by atoms with Gasteiger partial charge in [-0.2, -0.15) is 0 Å². The number of fused-ring (bicyclic) bond motifs is 1. The van der Waals surface area contributed by atoms with Gasteiger partial charge in [-0.1, -0.05) is 19.6 Å². The van der Waals surface area contributed by atoms with Crippen LogP contribution >= 0.6 is 0 Å². The largest absolute Gasteiger partial charge is 0.458 e. The lowest BCUT2D eigenvalue weighted by molar-refractivity contribution is -0.174. The summed E-state index contributed by atoms with van der Waals surface area (Å²) in [4.78, 5) is 49.5. The molecule has 6 atom stereocenters. The van der Waals surface area contributed by atoms with Crippen molar-refractivity contribution in [3.8, 4) is 0 Å². The zero-order chi connectivity index (χ0) is 22.8. The highest BCUT2D eigenvalue weighted by atomic mass is 16.6. The molecule has 2 fully saturated rings. The Balaban J connectivity index is 2.54. The van der Waals surface area contributed by atoms with Crippen molar-refractivity contribution in [2.75, 3.05) is 0 Å². The summed E-state index contributed by atoms with van der Waals surface area (Å²) in [5, 5.41) is 10.5. The summed E-state index contributed by atoms with van der Waals surface area (Å²) >= 11 is 0. The number of Topliss-reactive ketones (excluding diaryl/α,β-unsaturated/α-hetero) is 1. The zero-order valence-corrected chi connectivity index (χ0v) is 18.1. The van der Waals surface area contributed by atoms with Crippen LogP contribution in [0, 0.1) is 11.8 Å². The van der Waals surface area contributed by atoms with Gasteiger partial charge in [-0.05, 0) is 33.1 Å². The van der Waals surface area contributed by atoms with Gasteiger partial charge in [0.05, 0.1) is 12.0 Å². The van der Waals surface area contributed by atoms with Crippen LogP contribution in [-0.2, 0) is 33.4 Å². The molecular weight excluding hydrogens is 392 g/mol. The second-order valence-corrected chi connectivity index (χ2v) is 8.35. The third kappa shape index (κ3) is 4.98. The Labute approximate surface area is 176 Å². The topological polar surface area (TPSA) is 116 Å². The number of esters is 3. The van der Waals surface area contributed by atoms with Gasteiger partial charge in [-0.15, -0.1) is 0 Å². The summed E-state index contributed by atoms with van der Waals surface area (Å²) in [6, 6.07) is 0. The smallest absolute Gasteiger partial charge is 0.334 e. The lowest BCUT2D eigenvalue weighted by Gasteiger charge is -2.37. The molecule has 0 unspecified atom stereocenters. The highest BCUT2D eigenvalue weighted by Gasteiger charge is 2.51. The van der Waals surface area contributed by atoms with Crippen molar-refractivity contribution in [3.05, 3.63) is 23.8 Å². The first-order valence-electron chi connectivity index (χ1n) is 10.0. The first-order valence-corrected chi connectivity index (χ1v) is 10.0. The van der Waals surface area contributed by atoms with Crippen LogP contribution in [0.2, 0.25) is 0 Å². The Morgan fingerprint density at radius 1 is 1.30 bits per heavy atom. The average Bonchev–Trinajstić information content (AvgIpc) is 2.92. The van der Waals surface area contributed by atoms with Crippen LogP contribution in [0.3, 0.4) is 0 Å². The van der Waals surface area contributed by atoms with Gasteiger partial charge in [-0.3, -0.25) is 9.59 Å². The maximum Gasteiger partial charge on any atom is 0.334 e. The first kappa shape index (κ1) is 23.8. The van der Waals surface area contributed by atoms with Crippen molar-refractivity contribution in [3.63, 3.8) is 0 Å². The maximum atomic E-state index is 13.0. The van der Waals surface area contributed by atoms with Crippen molar-refractivity contribution in [2.24, 2.45) is 11.8 Å². The van der Waals surface area contributed by atoms with E-state index < -0.39 is 59.4 Å². The second kappa shape index (κ2) is 9.12. The first-order chi connectivity index (χ1) is 13.9. The highest BCUT2D eigenvalue weighted by Crippen LogP contribution is 2.40. The van der Waals surface area contributed by atoms with E-state index >= 15 is 0 Å². The van der Waals surface area contributed by atoms with E-state index in [1.165, 1.54) is 13.8 Å². The number of carbonyl (C=O) groups is 4. The minimum atomic E-state index is -1.66. The number of hydrogen-bond donors (Lipinski definition) is 1. The van der Waals surface area contributed by atoms with Crippen molar-refractivity contribution in [2.45, 2.75) is 77.8 Å². The molecule has 30 heavy (non-hydrogen) atoms. The van der Waals surface area contributed by atoms with Crippen molar-refractivity contribution in [1.29, 1.82) is 0 Å². The van der Waals surface area contributed by atoms with Crippen molar-refractivity contribution >= 4 is 23.7 Å². The molecule has 1 saturated carbocycles. The maximum absolute atomic E-state index is 13.0. The number of allylic oxidation sites excluding steroid dienone is 1. The second-order valence-electron chi connectivity index (χ2n) is 8.35. The molecule has 0 amide bonds. The van der Waals surface area contributed by atoms with Gasteiger partial charge < -0.3 is 19.3 Å². The van der Waals surface area contributed by atoms with Crippen LogP contribution in [0.1, 0.15) is 53.9 Å². The standard InChI is InChI=1S/C22H30O8/c1-7-11(2)20(26)29-17-10-22(6,30-14(5)23)18(25)9-15(24)12(3)8-16-19(17)13(4)21(27)28-16/h7,12,15-17,19,24H,4,8-10H2,1-3,5-6H3/b11-7-/t12-,15+,16+,17+,19-,22-/m0/s1. The van der Waals surface area contributed by atoms with Crippen LogP contribution in [0.5, 0.6) is 0 Å². The molecule has 8 heteroatoms. The van der Waals surface area contributed by atoms with Crippen molar-refractivity contribution < 1.29 is 38.5 Å². The van der Waals surface area contributed by atoms with E-state index in [4.69, 9.17) is 14.2 Å². The van der Waals surface area contributed by atoms with Crippen LogP contribution in [0.4, 0.5) is 0 Å². The molecule has 1 N–H and O–H groups in total. The number of ether oxygens (including phenoxy) is 3.